The van der Waals surface area contributed by atoms with Crippen LogP contribution in [0, 0.1) is 0 Å². The van der Waals surface area contributed by atoms with Crippen molar-refractivity contribution in [1.82, 2.24) is 15.2 Å². The van der Waals surface area contributed by atoms with Gasteiger partial charge in [0.25, 0.3) is 5.91 Å². The third kappa shape index (κ3) is 3.75. The number of imide groups is 1. The van der Waals surface area contributed by atoms with Crippen molar-refractivity contribution in [2.75, 3.05) is 14.1 Å². The van der Waals surface area contributed by atoms with E-state index in [0.29, 0.717) is 16.4 Å². The Hall–Kier alpha value is -3.72. The molecule has 2 N–H and O–H groups in total. The Morgan fingerprint density at radius 1 is 1.16 bits per heavy atom. The monoisotopic (exact) mass is 439 g/mol. The topological polar surface area (TPSA) is 101 Å². The lowest BCUT2D eigenvalue weighted by Crippen LogP contribution is -2.61. The molecule has 1 saturated heterocycles. The Balaban J connectivity index is 1.71. The molecular weight excluding hydrogens is 420 g/mol. The molecule has 2 heterocycles. The Kier molecular flexibility index (Phi) is 5.43. The Morgan fingerprint density at radius 2 is 1.87 bits per heavy atom. The summed E-state index contributed by atoms with van der Waals surface area (Å²) < 4.78 is 1.71. The average Bonchev–Trinajstić information content (AvgIpc) is 3.12. The van der Waals surface area contributed by atoms with Gasteiger partial charge in [-0.25, -0.2) is 9.37 Å². The van der Waals surface area contributed by atoms with Crippen molar-refractivity contribution in [1.29, 1.82) is 0 Å². The van der Waals surface area contributed by atoms with E-state index in [1.807, 2.05) is 18.2 Å². The molecule has 0 spiro atoms. The number of rotatable bonds is 4. The number of hydrazone groups is 1. The van der Waals surface area contributed by atoms with Crippen molar-refractivity contribution in [2.24, 2.45) is 10.1 Å². The molecule has 2 aromatic rings. The zero-order valence-electron chi connectivity index (χ0n) is 16.9. The highest BCUT2D eigenvalue weighted by Gasteiger charge is 2.51. The van der Waals surface area contributed by atoms with Gasteiger partial charge in [-0.05, 0) is 18.2 Å². The number of guanidine groups is 1. The summed E-state index contributed by atoms with van der Waals surface area (Å²) in [5.74, 6) is 0.283. The van der Waals surface area contributed by atoms with Crippen LogP contribution in [0.25, 0.3) is 0 Å². The summed E-state index contributed by atoms with van der Waals surface area (Å²) in [4.78, 5) is 32.2. The number of likely N-dealkylation sites (N-methyl/N-ethyl adjacent to an activating group) is 2. The fourth-order valence-electron chi connectivity index (χ4n) is 3.42. The predicted octanol–water partition coefficient (Wildman–Crippen LogP) is 1.84. The summed E-state index contributed by atoms with van der Waals surface area (Å²) in [6.45, 7) is 0.271. The number of fused-ring (bicyclic) bond motifs is 1. The SMILES string of the molecule is CN1C(=O)C2C(=NC(N/N=C\c3ccccc3O)=[N+]2Cc2ccccc2Cl)N(C)C1=O. The quantitative estimate of drug-likeness (QED) is 0.431. The predicted molar refractivity (Wildman–Crippen MR) is 116 cm³/mol. The molecule has 1 fully saturated rings. The molecule has 4 rings (SSSR count). The van der Waals surface area contributed by atoms with E-state index in [2.05, 4.69) is 15.5 Å². The normalized spacial score (nSPS) is 18.7. The van der Waals surface area contributed by atoms with Gasteiger partial charge in [0.2, 0.25) is 11.9 Å². The van der Waals surface area contributed by atoms with E-state index in [9.17, 15) is 14.7 Å². The van der Waals surface area contributed by atoms with Crippen LogP contribution >= 0.6 is 11.6 Å². The Bertz CT molecular complexity index is 1160. The van der Waals surface area contributed by atoms with Crippen LogP contribution in [0.2, 0.25) is 5.02 Å². The number of aromatic hydroxyl groups is 1. The van der Waals surface area contributed by atoms with E-state index in [0.717, 1.165) is 10.5 Å². The lowest BCUT2D eigenvalue weighted by atomic mass is 10.1. The second kappa shape index (κ2) is 8.19. The van der Waals surface area contributed by atoms with Crippen LogP contribution in [0.1, 0.15) is 11.1 Å². The number of phenols is 1. The first-order valence-electron chi connectivity index (χ1n) is 9.46. The number of halogens is 1. The van der Waals surface area contributed by atoms with Gasteiger partial charge in [0, 0.05) is 30.2 Å². The summed E-state index contributed by atoms with van der Waals surface area (Å²) in [6.07, 6.45) is 1.45. The van der Waals surface area contributed by atoms with Crippen molar-refractivity contribution in [3.05, 3.63) is 64.7 Å². The minimum atomic E-state index is -0.799. The van der Waals surface area contributed by atoms with Crippen LogP contribution in [-0.2, 0) is 11.3 Å². The molecule has 0 saturated carbocycles. The fourth-order valence-corrected chi connectivity index (χ4v) is 3.62. The van der Waals surface area contributed by atoms with E-state index in [4.69, 9.17) is 11.6 Å². The molecule has 0 aliphatic carbocycles. The van der Waals surface area contributed by atoms with Crippen LogP contribution in [-0.4, -0.2) is 69.6 Å². The highest BCUT2D eigenvalue weighted by molar-refractivity contribution is 6.31. The van der Waals surface area contributed by atoms with Crippen LogP contribution in [0.15, 0.2) is 58.6 Å². The second-order valence-corrected chi connectivity index (χ2v) is 7.49. The molecule has 9 nitrogen and oxygen atoms in total. The summed E-state index contributed by atoms with van der Waals surface area (Å²) in [6, 6.07) is 12.8. The number of para-hydroxylation sites is 1. The molecule has 3 amide bonds. The maximum Gasteiger partial charge on any atom is 0.414 e. The highest BCUT2D eigenvalue weighted by Crippen LogP contribution is 2.23. The lowest BCUT2D eigenvalue weighted by Gasteiger charge is -2.31. The third-order valence-corrected chi connectivity index (χ3v) is 5.50. The van der Waals surface area contributed by atoms with Gasteiger partial charge >= 0.3 is 12.0 Å². The Labute approximate surface area is 183 Å². The number of hydrogen-bond acceptors (Lipinski definition) is 6. The number of urea groups is 1. The van der Waals surface area contributed by atoms with Gasteiger partial charge in [-0.1, -0.05) is 46.9 Å². The first kappa shape index (κ1) is 20.5. The molecule has 31 heavy (non-hydrogen) atoms. The Morgan fingerprint density at radius 3 is 2.61 bits per heavy atom. The minimum Gasteiger partial charge on any atom is -0.507 e. The van der Waals surface area contributed by atoms with Crippen molar-refractivity contribution < 1.29 is 19.3 Å². The van der Waals surface area contributed by atoms with Crippen molar-refractivity contribution in [3.8, 4) is 5.75 Å². The van der Waals surface area contributed by atoms with Crippen LogP contribution in [0.5, 0.6) is 5.75 Å². The van der Waals surface area contributed by atoms with E-state index < -0.39 is 18.0 Å². The van der Waals surface area contributed by atoms with Crippen LogP contribution in [0.3, 0.4) is 0 Å². The molecule has 2 aliphatic heterocycles. The van der Waals surface area contributed by atoms with Crippen molar-refractivity contribution in [3.63, 3.8) is 0 Å². The molecule has 1 atom stereocenters. The third-order valence-electron chi connectivity index (χ3n) is 5.13. The molecule has 158 valence electrons. The molecule has 10 heteroatoms. The van der Waals surface area contributed by atoms with Gasteiger partial charge in [0.15, 0.2) is 0 Å². The van der Waals surface area contributed by atoms with Crippen LogP contribution in [0.4, 0.5) is 4.79 Å². The molecule has 0 aromatic heterocycles. The summed E-state index contributed by atoms with van der Waals surface area (Å²) >= 11 is 6.33. The summed E-state index contributed by atoms with van der Waals surface area (Å²) in [5.41, 5.74) is 4.14. The largest absolute Gasteiger partial charge is 0.507 e. The zero-order valence-corrected chi connectivity index (χ0v) is 17.6. The zero-order chi connectivity index (χ0) is 22.1. The number of amidine groups is 1. The summed E-state index contributed by atoms with van der Waals surface area (Å²) in [7, 11) is 3.01. The fraction of sp³-hybridized carbons (Fsp3) is 0.190. The van der Waals surface area contributed by atoms with Gasteiger partial charge in [-0.3, -0.25) is 14.6 Å². The van der Waals surface area contributed by atoms with Crippen molar-refractivity contribution in [2.45, 2.75) is 12.6 Å². The van der Waals surface area contributed by atoms with Gasteiger partial charge in [-0.15, -0.1) is 5.10 Å². The van der Waals surface area contributed by atoms with E-state index in [1.54, 1.807) is 42.0 Å². The van der Waals surface area contributed by atoms with E-state index in [1.165, 1.54) is 18.2 Å². The van der Waals surface area contributed by atoms with E-state index in [-0.39, 0.29) is 18.3 Å². The number of carbonyl (C=O) groups is 2. The van der Waals surface area contributed by atoms with Crippen LogP contribution < -0.4 is 5.43 Å². The highest BCUT2D eigenvalue weighted by atomic mass is 35.5. The molecular formula is C21H20ClN6O3+. The summed E-state index contributed by atoms with van der Waals surface area (Å²) in [5, 5.41) is 14.6. The number of carbonyl (C=O) groups excluding carboxylic acids is 2. The van der Waals surface area contributed by atoms with Gasteiger partial charge in [0.05, 0.1) is 12.8 Å². The molecule has 0 radical (unpaired) electrons. The molecule has 0 bridgehead atoms. The lowest BCUT2D eigenvalue weighted by molar-refractivity contribution is -0.553. The first-order valence-corrected chi connectivity index (χ1v) is 9.84. The molecule has 1 unspecified atom stereocenters. The number of nitrogens with zero attached hydrogens (tertiary/aromatic N) is 5. The number of benzene rings is 2. The average molecular weight is 440 g/mol. The number of nitrogens with one attached hydrogen (secondary N) is 1. The molecule has 2 aliphatic rings. The van der Waals surface area contributed by atoms with Gasteiger partial charge < -0.3 is 5.11 Å². The number of amides is 3. The van der Waals surface area contributed by atoms with Crippen molar-refractivity contribution >= 4 is 41.5 Å². The molecule has 2 aromatic carbocycles. The minimum absolute atomic E-state index is 0.0829. The number of hydrogen-bond donors (Lipinski definition) is 2. The van der Waals surface area contributed by atoms with Gasteiger partial charge in [0.1, 0.15) is 5.75 Å². The second-order valence-electron chi connectivity index (χ2n) is 7.08. The number of aliphatic imine (C=N–C) groups is 1. The smallest absolute Gasteiger partial charge is 0.414 e. The first-order chi connectivity index (χ1) is 14.9. The van der Waals surface area contributed by atoms with E-state index >= 15 is 0 Å². The maximum atomic E-state index is 12.9. The standard InChI is InChI=1S/C21H19ClN6O3/c1-26-18-17(19(30)27(2)21(26)31)28(12-14-8-3-5-9-15(14)22)20(24-18)25-23-11-13-7-4-6-10-16(13)29/h3-11,17H,12H2,1-2H3,(H,23,29)/p+1. The van der Waals surface area contributed by atoms with Gasteiger partial charge in [-0.2, -0.15) is 5.43 Å². The maximum absolute atomic E-state index is 12.9. The number of phenolic OH excluding ortho intramolecular Hbond substituents is 1.